The van der Waals surface area contributed by atoms with Gasteiger partial charge in [0.05, 0.1) is 54.3 Å². The smallest absolute Gasteiger partial charge is 0.247 e. The van der Waals surface area contributed by atoms with E-state index in [0.29, 0.717) is 40.8 Å². The number of hydrogen-bond acceptors (Lipinski definition) is 10. The van der Waals surface area contributed by atoms with Gasteiger partial charge in [0.15, 0.2) is 0 Å². The lowest BCUT2D eigenvalue weighted by atomic mass is 10.1. The van der Waals surface area contributed by atoms with Gasteiger partial charge in [-0.05, 0) is 26.2 Å². The minimum Gasteiger partial charge on any atom is -0.494 e. The Bertz CT molecular complexity index is 1640. The Kier molecular flexibility index (Phi) is 8.69. The largest absolute Gasteiger partial charge is 0.494 e. The lowest BCUT2D eigenvalue weighted by Crippen LogP contribution is -2.29. The summed E-state index contributed by atoms with van der Waals surface area (Å²) in [6.45, 7) is 5.10. The van der Waals surface area contributed by atoms with Crippen molar-refractivity contribution in [3.05, 3.63) is 55.0 Å². The highest BCUT2D eigenvalue weighted by atomic mass is 16.5. The second-order valence-corrected chi connectivity index (χ2v) is 9.58. The number of likely N-dealkylation sites (N-methyl/N-ethyl adjacent to an activating group) is 2. The van der Waals surface area contributed by atoms with Gasteiger partial charge in [-0.3, -0.25) is 4.79 Å². The highest BCUT2D eigenvalue weighted by Gasteiger charge is 2.19. The standard InChI is InChI=1S/C29H33N9O3/c1-8-26(39)33-21-11-22(25(40-6)12-24(21)37(4)10-9-36(2)3)34-29-32-15-18(14-30)28(35-29)20-17-38(5)23-13-27(41-7)31-16-19(20)23/h8,11-13,15-17H,1,9-10H2,2-7H3,(H,33,39)(H,32,34,35). The van der Waals surface area contributed by atoms with Gasteiger partial charge in [0, 0.05) is 62.7 Å². The van der Waals surface area contributed by atoms with Gasteiger partial charge in [0.2, 0.25) is 17.7 Å². The number of benzene rings is 1. The van der Waals surface area contributed by atoms with Crippen LogP contribution in [0.25, 0.3) is 22.2 Å². The average molecular weight is 556 g/mol. The van der Waals surface area contributed by atoms with Crippen LogP contribution in [-0.2, 0) is 11.8 Å². The van der Waals surface area contributed by atoms with Crippen molar-refractivity contribution in [3.63, 3.8) is 0 Å². The van der Waals surface area contributed by atoms with E-state index >= 15 is 0 Å². The molecule has 3 heterocycles. The predicted octanol–water partition coefficient (Wildman–Crippen LogP) is 3.79. The topological polar surface area (TPSA) is 133 Å². The maximum atomic E-state index is 12.3. The van der Waals surface area contributed by atoms with E-state index in [2.05, 4.69) is 38.1 Å². The fourth-order valence-electron chi connectivity index (χ4n) is 4.31. The molecule has 12 nitrogen and oxygen atoms in total. The van der Waals surface area contributed by atoms with Crippen LogP contribution in [-0.4, -0.2) is 78.8 Å². The van der Waals surface area contributed by atoms with Crippen LogP contribution in [0.15, 0.2) is 49.4 Å². The number of carbonyl (C=O) groups excluding carboxylic acids is 1. The number of nitrogens with zero attached hydrogens (tertiary/aromatic N) is 7. The van der Waals surface area contributed by atoms with Crippen LogP contribution in [0.4, 0.5) is 23.0 Å². The molecule has 0 saturated heterocycles. The fourth-order valence-corrected chi connectivity index (χ4v) is 4.31. The van der Waals surface area contributed by atoms with E-state index in [9.17, 15) is 10.1 Å². The number of hydrogen-bond donors (Lipinski definition) is 2. The first kappa shape index (κ1) is 28.8. The monoisotopic (exact) mass is 555 g/mol. The first-order chi connectivity index (χ1) is 19.7. The maximum Gasteiger partial charge on any atom is 0.247 e. The Hall–Kier alpha value is -5.15. The average Bonchev–Trinajstić information content (AvgIpc) is 3.31. The third-order valence-electron chi connectivity index (χ3n) is 6.52. The van der Waals surface area contributed by atoms with Crippen molar-refractivity contribution in [2.75, 3.05) is 64.0 Å². The van der Waals surface area contributed by atoms with E-state index < -0.39 is 0 Å². The quantitative estimate of drug-likeness (QED) is 0.263. The number of fused-ring (bicyclic) bond motifs is 1. The lowest BCUT2D eigenvalue weighted by molar-refractivity contribution is -0.111. The molecule has 0 saturated carbocycles. The molecule has 0 aliphatic heterocycles. The van der Waals surface area contributed by atoms with E-state index in [1.807, 2.05) is 56.0 Å². The molecule has 3 aromatic heterocycles. The predicted molar refractivity (Wildman–Crippen MR) is 160 cm³/mol. The van der Waals surface area contributed by atoms with Crippen molar-refractivity contribution in [2.24, 2.45) is 7.05 Å². The summed E-state index contributed by atoms with van der Waals surface area (Å²) >= 11 is 0. The summed E-state index contributed by atoms with van der Waals surface area (Å²) in [6.07, 6.45) is 6.27. The van der Waals surface area contributed by atoms with Crippen LogP contribution in [0.5, 0.6) is 11.6 Å². The van der Waals surface area contributed by atoms with Crippen molar-refractivity contribution >= 4 is 39.8 Å². The lowest BCUT2D eigenvalue weighted by Gasteiger charge is -2.26. The van der Waals surface area contributed by atoms with Gasteiger partial charge < -0.3 is 34.5 Å². The van der Waals surface area contributed by atoms with Crippen molar-refractivity contribution in [3.8, 4) is 29.0 Å². The number of amides is 1. The summed E-state index contributed by atoms with van der Waals surface area (Å²) in [5.41, 5.74) is 4.21. The first-order valence-electron chi connectivity index (χ1n) is 12.7. The van der Waals surface area contributed by atoms with Crippen LogP contribution >= 0.6 is 0 Å². The minimum absolute atomic E-state index is 0.241. The molecule has 212 valence electrons. The highest BCUT2D eigenvalue weighted by Crippen LogP contribution is 2.38. The number of rotatable bonds is 11. The Morgan fingerprint density at radius 1 is 1.12 bits per heavy atom. The Morgan fingerprint density at radius 3 is 2.56 bits per heavy atom. The molecule has 4 aromatic rings. The number of pyridine rings is 1. The number of nitrogens with one attached hydrogen (secondary N) is 2. The molecule has 2 N–H and O–H groups in total. The Labute approximate surface area is 238 Å². The van der Waals surface area contributed by atoms with Crippen LogP contribution in [0.2, 0.25) is 0 Å². The SMILES string of the molecule is C=CC(=O)Nc1cc(Nc2ncc(C#N)c(-c3cn(C)c4cc(OC)ncc34)n2)c(OC)cc1N(C)CCN(C)C. The molecule has 0 atom stereocenters. The second kappa shape index (κ2) is 12.4. The molecule has 1 amide bonds. The molecule has 4 rings (SSSR count). The molecule has 1 aromatic carbocycles. The van der Waals surface area contributed by atoms with Gasteiger partial charge in [0.1, 0.15) is 11.8 Å². The van der Waals surface area contributed by atoms with Gasteiger partial charge in [0.25, 0.3) is 0 Å². The molecule has 0 aliphatic carbocycles. The molecule has 12 heteroatoms. The van der Waals surface area contributed by atoms with Crippen molar-refractivity contribution < 1.29 is 14.3 Å². The molecule has 41 heavy (non-hydrogen) atoms. The van der Waals surface area contributed by atoms with Gasteiger partial charge in [-0.15, -0.1) is 0 Å². The van der Waals surface area contributed by atoms with Crippen molar-refractivity contribution in [1.29, 1.82) is 5.26 Å². The fraction of sp³-hybridized carbons (Fsp3) is 0.276. The summed E-state index contributed by atoms with van der Waals surface area (Å²) in [6, 6.07) is 7.61. The van der Waals surface area contributed by atoms with E-state index in [-0.39, 0.29) is 11.9 Å². The molecule has 0 bridgehead atoms. The zero-order chi connectivity index (χ0) is 29.7. The first-order valence-corrected chi connectivity index (χ1v) is 12.7. The highest BCUT2D eigenvalue weighted by molar-refractivity contribution is 6.02. The van der Waals surface area contributed by atoms with E-state index in [1.54, 1.807) is 26.5 Å². The van der Waals surface area contributed by atoms with Crippen LogP contribution in [0.3, 0.4) is 0 Å². The third kappa shape index (κ3) is 6.21. The molecule has 0 spiro atoms. The number of ether oxygens (including phenoxy) is 2. The zero-order valence-electron chi connectivity index (χ0n) is 24.0. The van der Waals surface area contributed by atoms with E-state index in [0.717, 1.165) is 28.7 Å². The van der Waals surface area contributed by atoms with Gasteiger partial charge in [-0.1, -0.05) is 6.58 Å². The van der Waals surface area contributed by atoms with E-state index in [4.69, 9.17) is 14.5 Å². The van der Waals surface area contributed by atoms with Crippen LogP contribution < -0.4 is 25.0 Å². The number of aromatic nitrogens is 4. The number of anilines is 4. The molecular formula is C29H33N9O3. The van der Waals surface area contributed by atoms with Gasteiger partial charge in [-0.2, -0.15) is 5.26 Å². The van der Waals surface area contributed by atoms with Crippen molar-refractivity contribution in [2.45, 2.75) is 0 Å². The summed E-state index contributed by atoms with van der Waals surface area (Å²) < 4.78 is 12.9. The molecule has 0 fully saturated rings. The summed E-state index contributed by atoms with van der Waals surface area (Å²) in [7, 11) is 11.0. The molecule has 0 aliphatic rings. The normalized spacial score (nSPS) is 10.8. The van der Waals surface area contributed by atoms with Crippen LogP contribution in [0, 0.1) is 11.3 Å². The van der Waals surface area contributed by atoms with Gasteiger partial charge in [-0.25, -0.2) is 15.0 Å². The molecular weight excluding hydrogens is 522 g/mol. The third-order valence-corrected chi connectivity index (χ3v) is 6.52. The van der Waals surface area contributed by atoms with E-state index in [1.165, 1.54) is 12.3 Å². The van der Waals surface area contributed by atoms with Gasteiger partial charge >= 0.3 is 0 Å². The van der Waals surface area contributed by atoms with Crippen LogP contribution in [0.1, 0.15) is 5.56 Å². The molecule has 0 unspecified atom stereocenters. The summed E-state index contributed by atoms with van der Waals surface area (Å²) in [4.78, 5) is 29.8. The van der Waals surface area contributed by atoms with Crippen molar-refractivity contribution in [1.82, 2.24) is 24.4 Å². The number of methoxy groups -OCH3 is 2. The Balaban J connectivity index is 1.78. The number of nitriles is 1. The Morgan fingerprint density at radius 2 is 1.90 bits per heavy atom. The second-order valence-electron chi connectivity index (χ2n) is 9.58. The number of carbonyl (C=O) groups is 1. The summed E-state index contributed by atoms with van der Waals surface area (Å²) in [5, 5.41) is 16.7. The maximum absolute atomic E-state index is 12.3. The summed E-state index contributed by atoms with van der Waals surface area (Å²) in [5.74, 6) is 0.897. The number of aryl methyl sites for hydroxylation is 1. The zero-order valence-corrected chi connectivity index (χ0v) is 24.0. The molecule has 0 radical (unpaired) electrons. The minimum atomic E-state index is -0.346.